The first-order valence-electron chi connectivity index (χ1n) is 12.1. The van der Waals surface area contributed by atoms with E-state index in [9.17, 15) is 18.0 Å². The number of rotatable bonds is 11. The van der Waals surface area contributed by atoms with Crippen LogP contribution in [0.1, 0.15) is 44.6 Å². The van der Waals surface area contributed by atoms with Crippen LogP contribution in [-0.4, -0.2) is 57.1 Å². The van der Waals surface area contributed by atoms with Gasteiger partial charge in [0.25, 0.3) is 0 Å². The molecule has 1 saturated carbocycles. The van der Waals surface area contributed by atoms with Crippen molar-refractivity contribution >= 4 is 39.1 Å². The summed E-state index contributed by atoms with van der Waals surface area (Å²) < 4.78 is 31.6. The van der Waals surface area contributed by atoms with Crippen molar-refractivity contribution in [2.45, 2.75) is 57.7 Å². The van der Waals surface area contributed by atoms with Crippen molar-refractivity contribution in [2.75, 3.05) is 24.2 Å². The van der Waals surface area contributed by atoms with Gasteiger partial charge in [0.05, 0.1) is 19.1 Å². The van der Waals surface area contributed by atoms with E-state index >= 15 is 0 Å². The first kappa shape index (κ1) is 27.8. The number of ether oxygens (including phenoxy) is 1. The molecule has 3 rings (SSSR count). The fourth-order valence-corrected chi connectivity index (χ4v) is 5.41. The van der Waals surface area contributed by atoms with E-state index in [2.05, 4.69) is 5.32 Å². The molecule has 2 amide bonds. The van der Waals surface area contributed by atoms with Gasteiger partial charge in [-0.15, -0.1) is 0 Å². The average Bonchev–Trinajstić information content (AvgIpc) is 3.36. The van der Waals surface area contributed by atoms with Crippen LogP contribution >= 0.6 is 11.6 Å². The van der Waals surface area contributed by atoms with Gasteiger partial charge in [0.1, 0.15) is 18.3 Å². The average molecular weight is 536 g/mol. The van der Waals surface area contributed by atoms with E-state index in [1.807, 2.05) is 6.92 Å². The molecular weight excluding hydrogens is 502 g/mol. The summed E-state index contributed by atoms with van der Waals surface area (Å²) in [5, 5.41) is 3.65. The van der Waals surface area contributed by atoms with Crippen molar-refractivity contribution in [2.24, 2.45) is 0 Å². The monoisotopic (exact) mass is 535 g/mol. The molecule has 2 aromatic carbocycles. The number of nitrogens with zero attached hydrogens (tertiary/aromatic N) is 2. The zero-order chi connectivity index (χ0) is 26.3. The zero-order valence-corrected chi connectivity index (χ0v) is 22.5. The Labute approximate surface area is 218 Å². The quantitative estimate of drug-likeness (QED) is 0.469. The highest BCUT2D eigenvalue weighted by Gasteiger charge is 2.33. The summed E-state index contributed by atoms with van der Waals surface area (Å²) in [5.74, 6) is -0.126. The molecule has 0 heterocycles. The van der Waals surface area contributed by atoms with Crippen molar-refractivity contribution in [1.29, 1.82) is 0 Å². The van der Waals surface area contributed by atoms with E-state index in [4.69, 9.17) is 16.3 Å². The number of anilines is 1. The van der Waals surface area contributed by atoms with E-state index in [1.54, 1.807) is 48.5 Å². The SMILES string of the molecule is CCC(C(=O)NC1CCCC1)N(Cc1ccc(Cl)cc1)C(=O)CN(c1ccc(OC)cc1)S(C)(=O)=O. The molecule has 1 aliphatic rings. The van der Waals surface area contributed by atoms with E-state index in [0.717, 1.165) is 41.8 Å². The van der Waals surface area contributed by atoms with Crippen LogP contribution in [0.2, 0.25) is 5.02 Å². The van der Waals surface area contributed by atoms with Crippen LogP contribution in [-0.2, 0) is 26.2 Å². The van der Waals surface area contributed by atoms with Gasteiger partial charge >= 0.3 is 0 Å². The molecule has 1 atom stereocenters. The number of halogens is 1. The fraction of sp³-hybridized carbons (Fsp3) is 0.462. The van der Waals surface area contributed by atoms with Crippen molar-refractivity contribution in [3.63, 3.8) is 0 Å². The maximum absolute atomic E-state index is 13.7. The maximum atomic E-state index is 13.7. The second kappa shape index (κ2) is 12.5. The van der Waals surface area contributed by atoms with Gasteiger partial charge in [0.2, 0.25) is 21.8 Å². The minimum absolute atomic E-state index is 0.103. The summed E-state index contributed by atoms with van der Waals surface area (Å²) in [5.41, 5.74) is 1.12. The number of carbonyl (C=O) groups is 2. The molecule has 8 nitrogen and oxygen atoms in total. The van der Waals surface area contributed by atoms with Gasteiger partial charge in [-0.3, -0.25) is 13.9 Å². The van der Waals surface area contributed by atoms with Crippen LogP contribution in [0, 0.1) is 0 Å². The zero-order valence-electron chi connectivity index (χ0n) is 20.9. The molecule has 10 heteroatoms. The maximum Gasteiger partial charge on any atom is 0.244 e. The Morgan fingerprint density at radius 1 is 1.08 bits per heavy atom. The molecule has 36 heavy (non-hydrogen) atoms. The Kier molecular flexibility index (Phi) is 9.62. The number of sulfonamides is 1. The topological polar surface area (TPSA) is 96.0 Å². The third-order valence-electron chi connectivity index (χ3n) is 6.39. The molecule has 0 aromatic heterocycles. The number of amides is 2. The van der Waals surface area contributed by atoms with Crippen molar-refractivity contribution in [3.05, 3.63) is 59.1 Å². The number of hydrogen-bond acceptors (Lipinski definition) is 5. The molecule has 0 radical (unpaired) electrons. The van der Waals surface area contributed by atoms with Crippen LogP contribution in [0.15, 0.2) is 48.5 Å². The van der Waals surface area contributed by atoms with Crippen LogP contribution in [0.25, 0.3) is 0 Å². The Morgan fingerprint density at radius 2 is 1.69 bits per heavy atom. The molecule has 2 aromatic rings. The first-order valence-corrected chi connectivity index (χ1v) is 14.3. The number of methoxy groups -OCH3 is 1. The molecular formula is C26H34ClN3O5S. The largest absolute Gasteiger partial charge is 0.497 e. The third-order valence-corrected chi connectivity index (χ3v) is 7.79. The number of hydrogen-bond donors (Lipinski definition) is 1. The van der Waals surface area contributed by atoms with Gasteiger partial charge in [-0.2, -0.15) is 0 Å². The van der Waals surface area contributed by atoms with E-state index in [-0.39, 0.29) is 18.5 Å². The number of carbonyl (C=O) groups excluding carboxylic acids is 2. The van der Waals surface area contributed by atoms with E-state index in [1.165, 1.54) is 12.0 Å². The van der Waals surface area contributed by atoms with Gasteiger partial charge in [-0.05, 0) is 61.2 Å². The summed E-state index contributed by atoms with van der Waals surface area (Å²) in [7, 11) is -2.27. The highest BCUT2D eigenvalue weighted by Crippen LogP contribution is 2.23. The second-order valence-electron chi connectivity index (χ2n) is 9.03. The van der Waals surface area contributed by atoms with Crippen LogP contribution in [0.3, 0.4) is 0 Å². The molecule has 0 spiro atoms. The Bertz CT molecular complexity index is 1130. The second-order valence-corrected chi connectivity index (χ2v) is 11.4. The lowest BCUT2D eigenvalue weighted by molar-refractivity contribution is -0.140. The minimum atomic E-state index is -3.79. The Morgan fingerprint density at radius 3 is 2.22 bits per heavy atom. The van der Waals surface area contributed by atoms with Crippen molar-refractivity contribution < 1.29 is 22.7 Å². The van der Waals surface area contributed by atoms with Gasteiger partial charge in [0, 0.05) is 17.6 Å². The highest BCUT2D eigenvalue weighted by atomic mass is 35.5. The van der Waals surface area contributed by atoms with Crippen LogP contribution < -0.4 is 14.4 Å². The number of nitrogens with one attached hydrogen (secondary N) is 1. The van der Waals surface area contributed by atoms with Gasteiger partial charge in [-0.1, -0.05) is 43.5 Å². The molecule has 0 bridgehead atoms. The standard InChI is InChI=1S/C26H34ClN3O5S/c1-4-24(26(32)28-21-7-5-6-8-21)29(17-19-9-11-20(27)12-10-19)25(31)18-30(36(3,33)34)22-13-15-23(35-2)16-14-22/h9-16,21,24H,4-8,17-18H2,1-3H3,(H,28,32). The minimum Gasteiger partial charge on any atom is -0.497 e. The summed E-state index contributed by atoms with van der Waals surface area (Å²) in [6.45, 7) is 1.55. The summed E-state index contributed by atoms with van der Waals surface area (Å²) >= 11 is 6.03. The molecule has 0 saturated heterocycles. The molecule has 0 aliphatic heterocycles. The normalized spacial score (nSPS) is 14.8. The lowest BCUT2D eigenvalue weighted by Gasteiger charge is -2.33. The summed E-state index contributed by atoms with van der Waals surface area (Å²) in [6.07, 6.45) is 5.43. The molecule has 1 N–H and O–H groups in total. The van der Waals surface area contributed by atoms with Gasteiger partial charge in [-0.25, -0.2) is 8.42 Å². The van der Waals surface area contributed by atoms with E-state index in [0.29, 0.717) is 22.9 Å². The molecule has 1 unspecified atom stereocenters. The lowest BCUT2D eigenvalue weighted by atomic mass is 10.1. The van der Waals surface area contributed by atoms with Crippen molar-refractivity contribution in [1.82, 2.24) is 10.2 Å². The first-order chi connectivity index (χ1) is 17.1. The molecule has 1 fully saturated rings. The van der Waals surface area contributed by atoms with Crippen LogP contribution in [0.4, 0.5) is 5.69 Å². The third kappa shape index (κ3) is 7.36. The van der Waals surface area contributed by atoms with Gasteiger partial charge < -0.3 is 15.0 Å². The highest BCUT2D eigenvalue weighted by molar-refractivity contribution is 7.92. The summed E-state index contributed by atoms with van der Waals surface area (Å²) in [6, 6.07) is 12.8. The Balaban J connectivity index is 1.90. The molecule has 196 valence electrons. The van der Waals surface area contributed by atoms with Gasteiger partial charge in [0.15, 0.2) is 0 Å². The number of benzene rings is 2. The summed E-state index contributed by atoms with van der Waals surface area (Å²) in [4.78, 5) is 28.4. The lowest BCUT2D eigenvalue weighted by Crippen LogP contribution is -2.53. The van der Waals surface area contributed by atoms with E-state index < -0.39 is 28.5 Å². The predicted octanol–water partition coefficient (Wildman–Crippen LogP) is 3.98. The predicted molar refractivity (Wildman–Crippen MR) is 142 cm³/mol. The Hall–Kier alpha value is -2.78. The van der Waals surface area contributed by atoms with Crippen molar-refractivity contribution in [3.8, 4) is 5.75 Å². The smallest absolute Gasteiger partial charge is 0.244 e. The van der Waals surface area contributed by atoms with Crippen LogP contribution in [0.5, 0.6) is 5.75 Å². The fourth-order valence-electron chi connectivity index (χ4n) is 4.44. The molecule has 1 aliphatic carbocycles.